The van der Waals surface area contributed by atoms with Gasteiger partial charge in [-0.25, -0.2) is 4.98 Å². The molecular formula is C11H7ClN2O2S. The molecule has 17 heavy (non-hydrogen) atoms. The fourth-order valence-electron chi connectivity index (χ4n) is 1.69. The highest BCUT2D eigenvalue weighted by atomic mass is 35.5. The molecule has 1 aromatic rings. The van der Waals surface area contributed by atoms with Crippen LogP contribution in [0.1, 0.15) is 5.76 Å². The van der Waals surface area contributed by atoms with Crippen LogP contribution in [0.2, 0.25) is 5.35 Å². The van der Waals surface area contributed by atoms with Crippen molar-refractivity contribution in [1.82, 2.24) is 9.55 Å². The lowest BCUT2D eigenvalue weighted by molar-refractivity contribution is 0.491. The van der Waals surface area contributed by atoms with Crippen molar-refractivity contribution in [1.29, 1.82) is 0 Å². The van der Waals surface area contributed by atoms with Crippen LogP contribution in [0, 0.1) is 0 Å². The fourth-order valence-corrected chi connectivity index (χ4v) is 2.66. The van der Waals surface area contributed by atoms with Gasteiger partial charge in [-0.2, -0.15) is 0 Å². The Morgan fingerprint density at radius 1 is 1.53 bits per heavy atom. The second-order valence-electron chi connectivity index (χ2n) is 3.53. The van der Waals surface area contributed by atoms with E-state index in [1.165, 1.54) is 11.3 Å². The molecule has 0 N–H and O–H groups in total. The maximum Gasteiger partial charge on any atom is 0.292 e. The number of hydrogen-bond donors (Lipinski definition) is 0. The molecule has 0 aromatic carbocycles. The van der Waals surface area contributed by atoms with Crippen molar-refractivity contribution in [3.05, 3.63) is 51.2 Å². The van der Waals surface area contributed by atoms with Crippen molar-refractivity contribution in [2.75, 3.05) is 0 Å². The zero-order valence-electron chi connectivity index (χ0n) is 8.59. The van der Waals surface area contributed by atoms with Crippen LogP contribution in [-0.2, 0) is 6.54 Å². The summed E-state index contributed by atoms with van der Waals surface area (Å²) in [5.74, 6) is 0.658. The van der Waals surface area contributed by atoms with Crippen molar-refractivity contribution in [3.8, 4) is 10.6 Å². The molecule has 86 valence electrons. The van der Waals surface area contributed by atoms with E-state index in [2.05, 4.69) is 4.98 Å². The van der Waals surface area contributed by atoms with Gasteiger partial charge < -0.3 is 8.98 Å². The topological polar surface area (TPSA) is 48.0 Å². The molecule has 2 aliphatic heterocycles. The van der Waals surface area contributed by atoms with E-state index in [-0.39, 0.29) is 10.1 Å². The van der Waals surface area contributed by atoms with Crippen molar-refractivity contribution in [2.45, 2.75) is 6.54 Å². The quantitative estimate of drug-likeness (QED) is 0.716. The number of fused-ring (bicyclic) bond motifs is 1. The van der Waals surface area contributed by atoms with E-state index in [4.69, 9.17) is 16.0 Å². The minimum absolute atomic E-state index is 0.0514. The third kappa shape index (κ3) is 1.99. The molecule has 4 nitrogen and oxygen atoms in total. The highest BCUT2D eigenvalue weighted by Gasteiger charge is 2.11. The number of nitrogens with zero attached hydrogens (tertiary/aromatic N) is 2. The molecule has 0 fully saturated rings. The molecule has 6 heteroatoms. The van der Waals surface area contributed by atoms with E-state index in [1.807, 2.05) is 22.9 Å². The van der Waals surface area contributed by atoms with Crippen LogP contribution >= 0.6 is 22.9 Å². The zero-order valence-corrected chi connectivity index (χ0v) is 10.2. The average molecular weight is 267 g/mol. The molecule has 0 unspecified atom stereocenters. The lowest BCUT2D eigenvalue weighted by Gasteiger charge is -2.09. The van der Waals surface area contributed by atoms with Gasteiger partial charge in [0.05, 0.1) is 23.3 Å². The van der Waals surface area contributed by atoms with Gasteiger partial charge in [0.2, 0.25) is 4.74 Å². The Kier molecular flexibility index (Phi) is 2.49. The Balaban J connectivity index is 2.03. The average Bonchev–Trinajstić information content (AvgIpc) is 2.84. The van der Waals surface area contributed by atoms with Gasteiger partial charge in [0.25, 0.3) is 5.35 Å². The summed E-state index contributed by atoms with van der Waals surface area (Å²) in [4.78, 5) is 16.1. The molecule has 1 aromatic heterocycles. The summed E-state index contributed by atoms with van der Waals surface area (Å²) in [6.07, 6.45) is 3.48. The summed E-state index contributed by atoms with van der Waals surface area (Å²) < 4.78 is 7.19. The van der Waals surface area contributed by atoms with Crippen LogP contribution in [0.5, 0.6) is 0 Å². The van der Waals surface area contributed by atoms with Gasteiger partial charge in [0, 0.05) is 12.3 Å². The van der Waals surface area contributed by atoms with Crippen molar-refractivity contribution in [2.24, 2.45) is 0 Å². The lowest BCUT2D eigenvalue weighted by atomic mass is 10.3. The molecule has 0 saturated carbocycles. The molecule has 3 heterocycles. The third-order valence-corrected chi connectivity index (χ3v) is 3.45. The number of hydrogen-bond acceptors (Lipinski definition) is 4. The van der Waals surface area contributed by atoms with E-state index in [1.54, 1.807) is 12.3 Å². The van der Waals surface area contributed by atoms with Gasteiger partial charge in [-0.05, 0) is 23.7 Å². The first-order valence-electron chi connectivity index (χ1n) is 4.91. The summed E-state index contributed by atoms with van der Waals surface area (Å²) in [5.41, 5.74) is 0.898. The van der Waals surface area contributed by atoms with Crippen LogP contribution in [0.15, 0.2) is 39.8 Å². The Labute approximate surface area is 105 Å². The lowest BCUT2D eigenvalue weighted by Crippen LogP contribution is -2.02. The Morgan fingerprint density at radius 3 is 3.18 bits per heavy atom. The van der Waals surface area contributed by atoms with Gasteiger partial charge in [0.1, 0.15) is 5.76 Å². The first-order chi connectivity index (χ1) is 8.22. The second-order valence-corrected chi connectivity index (χ2v) is 4.90. The normalized spacial score (nSPS) is 11.1. The predicted octanol–water partition coefficient (Wildman–Crippen LogP) is 2.70. The highest BCUT2D eigenvalue weighted by Crippen LogP contribution is 2.24. The highest BCUT2D eigenvalue weighted by molar-refractivity contribution is 7.13. The molecule has 0 amide bonds. The second kappa shape index (κ2) is 4.01. The van der Waals surface area contributed by atoms with Gasteiger partial charge in [-0.15, -0.1) is 0 Å². The number of rotatable bonds is 2. The van der Waals surface area contributed by atoms with Gasteiger partial charge in [-0.1, -0.05) is 11.3 Å². The first kappa shape index (κ1) is 10.6. The van der Waals surface area contributed by atoms with E-state index in [9.17, 15) is 4.79 Å². The van der Waals surface area contributed by atoms with E-state index in [0.29, 0.717) is 12.3 Å². The molecule has 0 spiro atoms. The SMILES string of the molecule is O=c1cc2n(Cc3cnc(Cl)o3)cccc-2s1. The Morgan fingerprint density at radius 2 is 2.41 bits per heavy atom. The monoisotopic (exact) mass is 266 g/mol. The summed E-state index contributed by atoms with van der Waals surface area (Å²) in [7, 11) is 0. The smallest absolute Gasteiger partial charge is 0.292 e. The molecule has 0 bridgehead atoms. The molecule has 0 radical (unpaired) electrons. The van der Waals surface area contributed by atoms with Crippen LogP contribution in [-0.4, -0.2) is 9.55 Å². The number of thiophene rings is 1. The first-order valence-corrected chi connectivity index (χ1v) is 6.11. The van der Waals surface area contributed by atoms with Gasteiger partial charge in [-0.3, -0.25) is 4.79 Å². The molecule has 2 aliphatic rings. The Bertz CT molecular complexity index is 685. The minimum atomic E-state index is 0.0514. The van der Waals surface area contributed by atoms with Crippen LogP contribution in [0.4, 0.5) is 0 Å². The summed E-state index contributed by atoms with van der Waals surface area (Å²) in [5, 5.41) is 0.127. The number of pyridine rings is 1. The molecular weight excluding hydrogens is 260 g/mol. The number of oxazole rings is 1. The molecule has 0 saturated heterocycles. The van der Waals surface area contributed by atoms with E-state index >= 15 is 0 Å². The van der Waals surface area contributed by atoms with Gasteiger partial charge in [0.15, 0.2) is 0 Å². The predicted molar refractivity (Wildman–Crippen MR) is 65.8 cm³/mol. The Hall–Kier alpha value is -1.59. The van der Waals surface area contributed by atoms with E-state index < -0.39 is 0 Å². The number of halogens is 1. The zero-order chi connectivity index (χ0) is 11.8. The van der Waals surface area contributed by atoms with Crippen molar-refractivity contribution >= 4 is 22.9 Å². The number of aromatic nitrogens is 2. The van der Waals surface area contributed by atoms with Crippen molar-refractivity contribution in [3.63, 3.8) is 0 Å². The fraction of sp³-hybridized carbons (Fsp3) is 0.0909. The van der Waals surface area contributed by atoms with Crippen LogP contribution in [0.25, 0.3) is 10.6 Å². The van der Waals surface area contributed by atoms with Crippen LogP contribution in [0.3, 0.4) is 0 Å². The summed E-state index contributed by atoms with van der Waals surface area (Å²) in [6, 6.07) is 5.44. The van der Waals surface area contributed by atoms with Crippen molar-refractivity contribution < 1.29 is 4.42 Å². The van der Waals surface area contributed by atoms with Crippen LogP contribution < -0.4 is 4.74 Å². The van der Waals surface area contributed by atoms with Gasteiger partial charge >= 0.3 is 0 Å². The summed E-state index contributed by atoms with van der Waals surface area (Å²) in [6.45, 7) is 0.507. The maximum absolute atomic E-state index is 11.3. The summed E-state index contributed by atoms with van der Waals surface area (Å²) >= 11 is 6.85. The molecule has 3 rings (SSSR count). The van der Waals surface area contributed by atoms with E-state index in [0.717, 1.165) is 10.6 Å². The largest absolute Gasteiger partial charge is 0.431 e. The maximum atomic E-state index is 11.3. The standard InChI is InChI=1S/C11H7ClN2O2S/c12-11-13-5-7(16-11)6-14-3-1-2-9-8(14)4-10(15)17-9/h1-5H,6H2. The molecule has 0 aliphatic carbocycles. The third-order valence-electron chi connectivity index (χ3n) is 2.39. The minimum Gasteiger partial charge on any atom is -0.431 e. The molecule has 0 atom stereocenters.